The second-order valence-corrected chi connectivity index (χ2v) is 4.42. The smallest absolute Gasteiger partial charge is 0.257 e. The molecule has 0 aliphatic rings. The molecule has 1 aromatic carbocycles. The number of rotatable bonds is 4. The quantitative estimate of drug-likeness (QED) is 0.875. The molecule has 104 valence electrons. The number of carbonyl (C=O) groups excluding carboxylic acids is 2. The van der Waals surface area contributed by atoms with E-state index in [4.69, 9.17) is 10.3 Å². The summed E-state index contributed by atoms with van der Waals surface area (Å²) in [7, 11) is 0. The second kappa shape index (κ2) is 5.56. The van der Waals surface area contributed by atoms with Crippen molar-refractivity contribution in [1.82, 2.24) is 10.5 Å². The van der Waals surface area contributed by atoms with Crippen LogP contribution in [0.25, 0.3) is 0 Å². The van der Waals surface area contributed by atoms with Crippen LogP contribution in [-0.4, -0.2) is 17.0 Å². The number of hydrogen-bond acceptors (Lipinski definition) is 4. The van der Waals surface area contributed by atoms with Crippen molar-refractivity contribution in [2.24, 2.45) is 5.73 Å². The van der Waals surface area contributed by atoms with Crippen LogP contribution in [0.15, 0.2) is 34.9 Å². The molecule has 0 spiro atoms. The highest BCUT2D eigenvalue weighted by atomic mass is 16.5. The van der Waals surface area contributed by atoms with Crippen LogP contribution in [0.5, 0.6) is 0 Å². The molecule has 0 fully saturated rings. The zero-order valence-corrected chi connectivity index (χ0v) is 11.2. The van der Waals surface area contributed by atoms with Gasteiger partial charge in [-0.15, -0.1) is 0 Å². The molecular formula is C14H15N3O3. The predicted octanol–water partition coefficient (Wildman–Crippen LogP) is 1.25. The Labute approximate surface area is 115 Å². The first-order valence-electron chi connectivity index (χ1n) is 6.08. The number of nitrogens with one attached hydrogen (secondary N) is 1. The molecule has 1 aromatic heterocycles. The topological polar surface area (TPSA) is 98.2 Å². The van der Waals surface area contributed by atoms with E-state index in [1.54, 1.807) is 38.1 Å². The van der Waals surface area contributed by atoms with Crippen molar-refractivity contribution in [2.45, 2.75) is 19.9 Å². The Hall–Kier alpha value is -2.63. The van der Waals surface area contributed by atoms with E-state index < -0.39 is 17.9 Å². The van der Waals surface area contributed by atoms with Gasteiger partial charge in [0.25, 0.3) is 5.91 Å². The van der Waals surface area contributed by atoms with Crippen molar-refractivity contribution in [3.8, 4) is 0 Å². The molecule has 6 heteroatoms. The number of nitrogens with zero attached hydrogens (tertiary/aromatic N) is 1. The van der Waals surface area contributed by atoms with Crippen molar-refractivity contribution in [3.05, 3.63) is 52.9 Å². The summed E-state index contributed by atoms with van der Waals surface area (Å²) < 4.78 is 4.94. The van der Waals surface area contributed by atoms with E-state index in [9.17, 15) is 9.59 Å². The van der Waals surface area contributed by atoms with Gasteiger partial charge >= 0.3 is 0 Å². The lowest BCUT2D eigenvalue weighted by atomic mass is 10.1. The molecule has 0 aliphatic heterocycles. The third-order valence-corrected chi connectivity index (χ3v) is 2.95. The van der Waals surface area contributed by atoms with E-state index >= 15 is 0 Å². The van der Waals surface area contributed by atoms with Gasteiger partial charge in [-0.1, -0.05) is 35.5 Å². The Morgan fingerprint density at radius 2 is 1.90 bits per heavy atom. The van der Waals surface area contributed by atoms with E-state index in [0.29, 0.717) is 22.6 Å². The molecule has 1 atom stereocenters. The largest absolute Gasteiger partial charge is 0.368 e. The molecule has 0 aliphatic carbocycles. The molecule has 1 heterocycles. The maximum absolute atomic E-state index is 12.2. The third kappa shape index (κ3) is 2.69. The summed E-state index contributed by atoms with van der Waals surface area (Å²) >= 11 is 0. The lowest BCUT2D eigenvalue weighted by Gasteiger charge is -2.15. The average molecular weight is 273 g/mol. The van der Waals surface area contributed by atoms with Gasteiger partial charge in [-0.3, -0.25) is 9.59 Å². The van der Waals surface area contributed by atoms with E-state index in [-0.39, 0.29) is 0 Å². The Kier molecular flexibility index (Phi) is 3.84. The van der Waals surface area contributed by atoms with Gasteiger partial charge in [0.2, 0.25) is 5.91 Å². The molecule has 20 heavy (non-hydrogen) atoms. The van der Waals surface area contributed by atoms with Crippen LogP contribution in [0.4, 0.5) is 0 Å². The highest BCUT2D eigenvalue weighted by Crippen LogP contribution is 2.16. The van der Waals surface area contributed by atoms with Crippen molar-refractivity contribution in [2.75, 3.05) is 0 Å². The SMILES string of the molecule is Cc1noc(C)c1C(=O)N[C@H](C(N)=O)c1ccccc1. The maximum atomic E-state index is 12.2. The number of carbonyl (C=O) groups is 2. The first-order chi connectivity index (χ1) is 9.50. The van der Waals surface area contributed by atoms with Crippen LogP contribution < -0.4 is 11.1 Å². The molecule has 0 saturated carbocycles. The Bertz CT molecular complexity index is 615. The standard InChI is InChI=1S/C14H15N3O3/c1-8-11(9(2)20-17-8)14(19)16-12(13(15)18)10-6-4-3-5-7-10/h3-7,12H,1-2H3,(H2,15,18)(H,16,19)/t12-/m0/s1. The minimum atomic E-state index is -0.891. The number of aryl methyl sites for hydroxylation is 2. The third-order valence-electron chi connectivity index (χ3n) is 2.95. The van der Waals surface area contributed by atoms with Crippen molar-refractivity contribution in [1.29, 1.82) is 0 Å². The normalized spacial score (nSPS) is 11.9. The molecule has 2 rings (SSSR count). The van der Waals surface area contributed by atoms with Crippen LogP contribution in [0, 0.1) is 13.8 Å². The Morgan fingerprint density at radius 3 is 2.40 bits per heavy atom. The highest BCUT2D eigenvalue weighted by molar-refractivity contribution is 5.99. The number of hydrogen-bond donors (Lipinski definition) is 2. The molecule has 2 amide bonds. The monoisotopic (exact) mass is 273 g/mol. The van der Waals surface area contributed by atoms with Crippen molar-refractivity contribution in [3.63, 3.8) is 0 Å². The lowest BCUT2D eigenvalue weighted by Crippen LogP contribution is -2.37. The molecule has 0 radical (unpaired) electrons. The first-order valence-corrected chi connectivity index (χ1v) is 6.08. The molecule has 6 nitrogen and oxygen atoms in total. The van der Waals surface area contributed by atoms with Crippen molar-refractivity contribution < 1.29 is 14.1 Å². The van der Waals surface area contributed by atoms with E-state index in [0.717, 1.165) is 0 Å². The number of amides is 2. The molecule has 0 saturated heterocycles. The summed E-state index contributed by atoms with van der Waals surface area (Å²) in [5.74, 6) is -0.665. The fourth-order valence-electron chi connectivity index (χ4n) is 1.97. The van der Waals surface area contributed by atoms with Crippen molar-refractivity contribution >= 4 is 11.8 Å². The molecule has 0 bridgehead atoms. The molecule has 2 aromatic rings. The summed E-state index contributed by atoms with van der Waals surface area (Å²) in [5.41, 5.74) is 6.77. The van der Waals surface area contributed by atoms with Crippen LogP contribution in [-0.2, 0) is 4.79 Å². The van der Waals surface area contributed by atoms with Gasteiger partial charge < -0.3 is 15.6 Å². The average Bonchev–Trinajstić information content (AvgIpc) is 2.76. The summed E-state index contributed by atoms with van der Waals surface area (Å²) in [6.45, 7) is 3.30. The number of primary amides is 1. The van der Waals surface area contributed by atoms with Gasteiger partial charge in [0.1, 0.15) is 17.4 Å². The van der Waals surface area contributed by atoms with Gasteiger partial charge in [-0.25, -0.2) is 0 Å². The van der Waals surface area contributed by atoms with E-state index in [1.165, 1.54) is 0 Å². The molecule has 0 unspecified atom stereocenters. The lowest BCUT2D eigenvalue weighted by molar-refractivity contribution is -0.120. The second-order valence-electron chi connectivity index (χ2n) is 4.42. The van der Waals surface area contributed by atoms with Crippen LogP contribution in [0.3, 0.4) is 0 Å². The highest BCUT2D eigenvalue weighted by Gasteiger charge is 2.24. The predicted molar refractivity (Wildman–Crippen MR) is 71.8 cm³/mol. The maximum Gasteiger partial charge on any atom is 0.257 e. The van der Waals surface area contributed by atoms with Crippen LogP contribution in [0.2, 0.25) is 0 Å². The van der Waals surface area contributed by atoms with Gasteiger partial charge in [0.05, 0.1) is 5.69 Å². The number of benzene rings is 1. The minimum Gasteiger partial charge on any atom is -0.368 e. The molecular weight excluding hydrogens is 258 g/mol. The summed E-state index contributed by atoms with van der Waals surface area (Å²) in [5, 5.41) is 6.31. The van der Waals surface area contributed by atoms with Gasteiger partial charge in [-0.05, 0) is 19.4 Å². The van der Waals surface area contributed by atoms with Crippen LogP contribution >= 0.6 is 0 Å². The van der Waals surface area contributed by atoms with Gasteiger partial charge in [-0.2, -0.15) is 0 Å². The van der Waals surface area contributed by atoms with Crippen LogP contribution in [0.1, 0.15) is 33.4 Å². The number of aromatic nitrogens is 1. The fourth-order valence-corrected chi connectivity index (χ4v) is 1.97. The fraction of sp³-hybridized carbons (Fsp3) is 0.214. The zero-order valence-electron chi connectivity index (χ0n) is 11.2. The van der Waals surface area contributed by atoms with E-state index in [2.05, 4.69) is 10.5 Å². The summed E-state index contributed by atoms with van der Waals surface area (Å²) in [4.78, 5) is 23.8. The number of nitrogens with two attached hydrogens (primary N) is 1. The summed E-state index contributed by atoms with van der Waals surface area (Å²) in [6, 6.07) is 7.92. The van der Waals surface area contributed by atoms with Gasteiger partial charge in [0, 0.05) is 0 Å². The summed E-state index contributed by atoms with van der Waals surface area (Å²) in [6.07, 6.45) is 0. The van der Waals surface area contributed by atoms with Gasteiger partial charge in [0.15, 0.2) is 0 Å². The zero-order chi connectivity index (χ0) is 14.7. The Balaban J connectivity index is 2.26. The molecule has 3 N–H and O–H groups in total. The minimum absolute atomic E-state index is 0.326. The first kappa shape index (κ1) is 13.8. The van der Waals surface area contributed by atoms with E-state index in [1.807, 2.05) is 6.07 Å². The Morgan fingerprint density at radius 1 is 1.25 bits per heavy atom.